The lowest BCUT2D eigenvalue weighted by molar-refractivity contribution is -0.143. The summed E-state index contributed by atoms with van der Waals surface area (Å²) in [4.78, 5) is 15.5. The Hall–Kier alpha value is -0.590. The number of hydrogen-bond acceptors (Lipinski definition) is 4. The van der Waals surface area contributed by atoms with Gasteiger partial charge < -0.3 is 10.4 Å². The van der Waals surface area contributed by atoms with Gasteiger partial charge in [-0.3, -0.25) is 4.79 Å². The van der Waals surface area contributed by atoms with E-state index in [-0.39, 0.29) is 0 Å². The lowest BCUT2D eigenvalue weighted by Crippen LogP contribution is -2.51. The fraction of sp³-hybridized carbons (Fsp3) is 0.500. The summed E-state index contributed by atoms with van der Waals surface area (Å²) in [5.74, 6) is -0.409. The van der Waals surface area contributed by atoms with Crippen LogP contribution in [0, 0.1) is 0 Å². The highest BCUT2D eigenvalue weighted by Gasteiger charge is 2.32. The molecule has 1 unspecified atom stereocenters. The number of rotatable bonds is 7. The van der Waals surface area contributed by atoms with Crippen molar-refractivity contribution in [2.75, 3.05) is 12.3 Å². The van der Waals surface area contributed by atoms with Gasteiger partial charge >= 0.3 is 5.97 Å². The van der Waals surface area contributed by atoms with Crippen LogP contribution in [0.2, 0.25) is 0 Å². The molecule has 1 aromatic rings. The van der Waals surface area contributed by atoms with Gasteiger partial charge in [-0.2, -0.15) is 0 Å². The zero-order valence-electron chi connectivity index (χ0n) is 10.4. The smallest absolute Gasteiger partial charge is 0.324 e. The van der Waals surface area contributed by atoms with Crippen LogP contribution < -0.4 is 5.32 Å². The van der Waals surface area contributed by atoms with Crippen LogP contribution in [0.25, 0.3) is 0 Å². The monoisotopic (exact) mass is 332 g/mol. The minimum absolute atomic E-state index is 0.429. The average molecular weight is 333 g/mol. The molecule has 2 N–H and O–H groups in total. The van der Waals surface area contributed by atoms with Crippen molar-refractivity contribution >= 4 is 33.7 Å². The van der Waals surface area contributed by atoms with Gasteiger partial charge in [-0.25, -0.2) is 4.98 Å². The van der Waals surface area contributed by atoms with Gasteiger partial charge in [0.2, 0.25) is 0 Å². The molecule has 0 amide bonds. The molecule has 1 rings (SSSR count). The summed E-state index contributed by atoms with van der Waals surface area (Å²) < 4.78 is 0.887. The van der Waals surface area contributed by atoms with E-state index in [0.29, 0.717) is 12.3 Å². The number of aliphatic carboxylic acids is 1. The number of halogens is 1. The van der Waals surface area contributed by atoms with Crippen molar-refractivity contribution in [2.24, 2.45) is 0 Å². The molecule has 1 aromatic heterocycles. The van der Waals surface area contributed by atoms with Crippen molar-refractivity contribution < 1.29 is 9.90 Å². The predicted molar refractivity (Wildman–Crippen MR) is 77.0 cm³/mol. The number of nitrogens with zero attached hydrogens (tertiary/aromatic N) is 1. The third-order valence-electron chi connectivity index (χ3n) is 2.46. The lowest BCUT2D eigenvalue weighted by Gasteiger charge is -2.25. The summed E-state index contributed by atoms with van der Waals surface area (Å²) >= 11 is 4.83. The van der Waals surface area contributed by atoms with Crippen molar-refractivity contribution in [3.63, 3.8) is 0 Å². The number of carboxylic acids is 1. The van der Waals surface area contributed by atoms with Gasteiger partial charge in [-0.1, -0.05) is 6.92 Å². The van der Waals surface area contributed by atoms with E-state index in [9.17, 15) is 9.90 Å². The van der Waals surface area contributed by atoms with E-state index in [1.54, 1.807) is 13.1 Å². The predicted octanol–water partition coefficient (Wildman–Crippen LogP) is 2.78. The third-order valence-corrected chi connectivity index (χ3v) is 4.68. The van der Waals surface area contributed by atoms with E-state index in [2.05, 4.69) is 26.2 Å². The standard InChI is InChI=1S/C12H17BrN2O2S/c1-3-6-15-12(2,11(16)17)8-18-10-9(13)5-4-7-14-10/h4-5,7,15H,3,6,8H2,1-2H3,(H,16,17). The van der Waals surface area contributed by atoms with E-state index in [1.165, 1.54) is 11.8 Å². The number of carboxylic acid groups (broad SMARTS) is 1. The van der Waals surface area contributed by atoms with Crippen LogP contribution in [0.5, 0.6) is 0 Å². The average Bonchev–Trinajstić information content (AvgIpc) is 2.35. The molecule has 0 aliphatic rings. The van der Waals surface area contributed by atoms with Crippen molar-refractivity contribution in [2.45, 2.75) is 30.8 Å². The molecule has 0 spiro atoms. The molecule has 0 saturated carbocycles. The number of nitrogens with one attached hydrogen (secondary N) is 1. The Morgan fingerprint density at radius 2 is 2.39 bits per heavy atom. The molecule has 18 heavy (non-hydrogen) atoms. The summed E-state index contributed by atoms with van der Waals surface area (Å²) in [6.45, 7) is 4.40. The van der Waals surface area contributed by atoms with Crippen LogP contribution in [-0.4, -0.2) is 33.9 Å². The van der Waals surface area contributed by atoms with E-state index in [4.69, 9.17) is 0 Å². The van der Waals surface area contributed by atoms with Gasteiger partial charge in [-0.05, 0) is 48.0 Å². The normalized spacial score (nSPS) is 14.2. The minimum atomic E-state index is -0.933. The zero-order chi connectivity index (χ0) is 13.6. The Morgan fingerprint density at radius 3 is 2.94 bits per heavy atom. The Bertz CT molecular complexity index is 417. The topological polar surface area (TPSA) is 62.2 Å². The van der Waals surface area contributed by atoms with Crippen LogP contribution >= 0.6 is 27.7 Å². The van der Waals surface area contributed by atoms with Gasteiger partial charge in [0, 0.05) is 16.4 Å². The van der Waals surface area contributed by atoms with E-state index < -0.39 is 11.5 Å². The first-order chi connectivity index (χ1) is 8.49. The quantitative estimate of drug-likeness (QED) is 0.752. The maximum absolute atomic E-state index is 11.3. The van der Waals surface area contributed by atoms with Crippen molar-refractivity contribution in [3.05, 3.63) is 22.8 Å². The molecule has 6 heteroatoms. The molecular weight excluding hydrogens is 316 g/mol. The maximum Gasteiger partial charge on any atom is 0.324 e. The molecule has 0 aliphatic heterocycles. The number of aromatic nitrogens is 1. The fourth-order valence-corrected chi connectivity index (χ4v) is 2.87. The second-order valence-electron chi connectivity index (χ2n) is 4.14. The van der Waals surface area contributed by atoms with E-state index >= 15 is 0 Å². The third kappa shape index (κ3) is 4.26. The Morgan fingerprint density at radius 1 is 1.67 bits per heavy atom. The summed E-state index contributed by atoms with van der Waals surface area (Å²) in [7, 11) is 0. The first kappa shape index (κ1) is 15.5. The summed E-state index contributed by atoms with van der Waals surface area (Å²) in [5.41, 5.74) is -0.933. The summed E-state index contributed by atoms with van der Waals surface area (Å²) in [6.07, 6.45) is 2.60. The van der Waals surface area contributed by atoms with Gasteiger partial charge in [0.25, 0.3) is 0 Å². The molecule has 100 valence electrons. The van der Waals surface area contributed by atoms with Gasteiger partial charge in [-0.15, -0.1) is 11.8 Å². The molecule has 0 aliphatic carbocycles. The highest BCUT2D eigenvalue weighted by molar-refractivity contribution is 9.10. The highest BCUT2D eigenvalue weighted by Crippen LogP contribution is 2.27. The molecule has 1 atom stereocenters. The molecule has 0 fully saturated rings. The minimum Gasteiger partial charge on any atom is -0.480 e. The number of hydrogen-bond donors (Lipinski definition) is 2. The zero-order valence-corrected chi connectivity index (χ0v) is 12.8. The van der Waals surface area contributed by atoms with Crippen molar-refractivity contribution in [3.8, 4) is 0 Å². The summed E-state index contributed by atoms with van der Waals surface area (Å²) in [5, 5.41) is 13.2. The van der Waals surface area contributed by atoms with Crippen LogP contribution in [-0.2, 0) is 4.79 Å². The van der Waals surface area contributed by atoms with Crippen molar-refractivity contribution in [1.82, 2.24) is 10.3 Å². The van der Waals surface area contributed by atoms with Gasteiger partial charge in [0.15, 0.2) is 0 Å². The SMILES string of the molecule is CCCNC(C)(CSc1ncccc1Br)C(=O)O. The second kappa shape index (κ2) is 7.11. The van der Waals surface area contributed by atoms with Gasteiger partial charge in [0.1, 0.15) is 10.6 Å². The molecule has 4 nitrogen and oxygen atoms in total. The lowest BCUT2D eigenvalue weighted by atomic mass is 10.1. The Kier molecular flexibility index (Phi) is 6.11. The number of thioether (sulfide) groups is 1. The largest absolute Gasteiger partial charge is 0.480 e. The Balaban J connectivity index is 2.68. The second-order valence-corrected chi connectivity index (χ2v) is 5.96. The first-order valence-corrected chi connectivity index (χ1v) is 7.49. The molecule has 0 radical (unpaired) electrons. The molecule has 0 bridgehead atoms. The molecule has 0 saturated heterocycles. The number of pyridine rings is 1. The van der Waals surface area contributed by atoms with E-state index in [1.807, 2.05) is 19.1 Å². The maximum atomic E-state index is 11.3. The summed E-state index contributed by atoms with van der Waals surface area (Å²) in [6, 6.07) is 3.73. The first-order valence-electron chi connectivity index (χ1n) is 5.71. The van der Waals surface area contributed by atoms with Crippen LogP contribution in [0.3, 0.4) is 0 Å². The van der Waals surface area contributed by atoms with Crippen LogP contribution in [0.15, 0.2) is 27.8 Å². The Labute approximate surface area is 120 Å². The van der Waals surface area contributed by atoms with Crippen molar-refractivity contribution in [1.29, 1.82) is 0 Å². The van der Waals surface area contributed by atoms with Gasteiger partial charge in [0.05, 0.1) is 0 Å². The van der Waals surface area contributed by atoms with Crippen LogP contribution in [0.1, 0.15) is 20.3 Å². The number of carbonyl (C=O) groups is 1. The molecule has 1 heterocycles. The molecular formula is C12H17BrN2O2S. The fourth-order valence-electron chi connectivity index (χ4n) is 1.28. The highest BCUT2D eigenvalue weighted by atomic mass is 79.9. The van der Waals surface area contributed by atoms with E-state index in [0.717, 1.165) is 15.9 Å². The van der Waals surface area contributed by atoms with Crippen LogP contribution in [0.4, 0.5) is 0 Å². The molecule has 0 aromatic carbocycles.